The maximum absolute atomic E-state index is 5.83. The third kappa shape index (κ3) is 4.99. The Hall–Kier alpha value is -2.16. The van der Waals surface area contributed by atoms with Crippen LogP contribution in [-0.2, 0) is 0 Å². The van der Waals surface area contributed by atoms with Crippen LogP contribution in [0.15, 0.2) is 42.5 Å². The molecule has 0 aliphatic rings. The summed E-state index contributed by atoms with van der Waals surface area (Å²) in [6.07, 6.45) is 0.199. The van der Waals surface area contributed by atoms with E-state index in [-0.39, 0.29) is 6.10 Å². The summed E-state index contributed by atoms with van der Waals surface area (Å²) in [7, 11) is 0. The van der Waals surface area contributed by atoms with Gasteiger partial charge in [-0.3, -0.25) is 0 Å². The number of hydrogen-bond donors (Lipinski definition) is 1. The molecule has 0 unspecified atom stereocenters. The van der Waals surface area contributed by atoms with Crippen molar-refractivity contribution in [1.82, 2.24) is 0 Å². The molecule has 3 nitrogen and oxygen atoms in total. The van der Waals surface area contributed by atoms with Crippen molar-refractivity contribution in [1.29, 1.82) is 0 Å². The van der Waals surface area contributed by atoms with E-state index in [1.807, 2.05) is 38.1 Å². The van der Waals surface area contributed by atoms with Crippen molar-refractivity contribution in [2.24, 2.45) is 0 Å². The fourth-order valence-electron chi connectivity index (χ4n) is 2.14. The number of ether oxygens (including phenoxy) is 2. The SMILES string of the molecule is Cc1ccc(C)c(OCCNc2ccc(OC(C)C)cc2)c1. The van der Waals surface area contributed by atoms with Crippen molar-refractivity contribution < 1.29 is 9.47 Å². The van der Waals surface area contributed by atoms with Crippen molar-refractivity contribution in [3.63, 3.8) is 0 Å². The molecule has 3 heteroatoms. The molecule has 22 heavy (non-hydrogen) atoms. The summed E-state index contributed by atoms with van der Waals surface area (Å²) in [6, 6.07) is 14.3. The summed E-state index contributed by atoms with van der Waals surface area (Å²) in [5, 5.41) is 3.35. The first-order chi connectivity index (χ1) is 10.5. The topological polar surface area (TPSA) is 30.5 Å². The van der Waals surface area contributed by atoms with Crippen LogP contribution in [0.3, 0.4) is 0 Å². The molecule has 0 heterocycles. The average molecular weight is 299 g/mol. The first-order valence-electron chi connectivity index (χ1n) is 7.75. The summed E-state index contributed by atoms with van der Waals surface area (Å²) in [4.78, 5) is 0. The largest absolute Gasteiger partial charge is 0.491 e. The van der Waals surface area contributed by atoms with E-state index in [4.69, 9.17) is 9.47 Å². The van der Waals surface area contributed by atoms with Crippen molar-refractivity contribution in [3.05, 3.63) is 53.6 Å². The molecule has 0 saturated carbocycles. The van der Waals surface area contributed by atoms with Gasteiger partial charge in [-0.1, -0.05) is 12.1 Å². The zero-order chi connectivity index (χ0) is 15.9. The highest BCUT2D eigenvalue weighted by molar-refractivity contribution is 5.46. The van der Waals surface area contributed by atoms with Crippen LogP contribution in [0.4, 0.5) is 5.69 Å². The van der Waals surface area contributed by atoms with Crippen molar-refractivity contribution >= 4 is 5.69 Å². The molecule has 2 rings (SSSR count). The first-order valence-corrected chi connectivity index (χ1v) is 7.75. The van der Waals surface area contributed by atoms with E-state index in [0.717, 1.165) is 23.7 Å². The standard InChI is InChI=1S/C19H25NO2/c1-14(2)22-18-9-7-17(8-10-18)20-11-12-21-19-13-15(3)5-6-16(19)4/h5-10,13-14,20H,11-12H2,1-4H3. The minimum absolute atomic E-state index is 0.199. The number of rotatable bonds is 7. The van der Waals surface area contributed by atoms with E-state index in [1.165, 1.54) is 11.1 Å². The van der Waals surface area contributed by atoms with Gasteiger partial charge < -0.3 is 14.8 Å². The highest BCUT2D eigenvalue weighted by Crippen LogP contribution is 2.19. The maximum atomic E-state index is 5.83. The molecule has 0 aliphatic carbocycles. The molecular weight excluding hydrogens is 274 g/mol. The lowest BCUT2D eigenvalue weighted by Crippen LogP contribution is -2.12. The Morgan fingerprint density at radius 3 is 2.41 bits per heavy atom. The Morgan fingerprint density at radius 2 is 1.73 bits per heavy atom. The van der Waals surface area contributed by atoms with Gasteiger partial charge in [-0.25, -0.2) is 0 Å². The molecule has 0 amide bonds. The van der Waals surface area contributed by atoms with Crippen LogP contribution >= 0.6 is 0 Å². The molecule has 0 radical (unpaired) electrons. The predicted octanol–water partition coefficient (Wildman–Crippen LogP) is 4.58. The fourth-order valence-corrected chi connectivity index (χ4v) is 2.14. The van der Waals surface area contributed by atoms with Crippen LogP contribution in [0.2, 0.25) is 0 Å². The monoisotopic (exact) mass is 299 g/mol. The van der Waals surface area contributed by atoms with Crippen molar-refractivity contribution in [2.75, 3.05) is 18.5 Å². The van der Waals surface area contributed by atoms with E-state index in [1.54, 1.807) is 0 Å². The molecule has 2 aromatic carbocycles. The summed E-state index contributed by atoms with van der Waals surface area (Å²) >= 11 is 0. The van der Waals surface area contributed by atoms with E-state index >= 15 is 0 Å². The molecular formula is C19H25NO2. The van der Waals surface area contributed by atoms with E-state index in [0.29, 0.717) is 6.61 Å². The number of benzene rings is 2. The van der Waals surface area contributed by atoms with Gasteiger partial charge in [0.2, 0.25) is 0 Å². The molecule has 0 saturated heterocycles. The number of anilines is 1. The minimum Gasteiger partial charge on any atom is -0.491 e. The Bertz CT molecular complexity index is 591. The van der Waals surface area contributed by atoms with Gasteiger partial charge in [0.1, 0.15) is 18.1 Å². The van der Waals surface area contributed by atoms with Gasteiger partial charge in [0.25, 0.3) is 0 Å². The van der Waals surface area contributed by atoms with Crippen molar-refractivity contribution in [2.45, 2.75) is 33.8 Å². The number of aryl methyl sites for hydroxylation is 2. The van der Waals surface area contributed by atoms with Crippen LogP contribution in [0.1, 0.15) is 25.0 Å². The Morgan fingerprint density at radius 1 is 1.00 bits per heavy atom. The van der Waals surface area contributed by atoms with Gasteiger partial charge in [-0.15, -0.1) is 0 Å². The van der Waals surface area contributed by atoms with Crippen LogP contribution in [0, 0.1) is 13.8 Å². The molecule has 0 aliphatic heterocycles. The Balaban J connectivity index is 1.77. The Labute approximate surface area is 133 Å². The Kier molecular flexibility index (Phi) is 5.70. The summed E-state index contributed by atoms with van der Waals surface area (Å²) < 4.78 is 11.5. The lowest BCUT2D eigenvalue weighted by atomic mass is 10.1. The molecule has 0 aromatic heterocycles. The fraction of sp³-hybridized carbons (Fsp3) is 0.368. The summed E-state index contributed by atoms with van der Waals surface area (Å²) in [5.41, 5.74) is 3.45. The maximum Gasteiger partial charge on any atom is 0.122 e. The third-order valence-corrected chi connectivity index (χ3v) is 3.26. The second-order valence-corrected chi connectivity index (χ2v) is 5.74. The van der Waals surface area contributed by atoms with E-state index in [2.05, 4.69) is 37.4 Å². The molecule has 1 N–H and O–H groups in total. The second kappa shape index (κ2) is 7.74. The highest BCUT2D eigenvalue weighted by Gasteiger charge is 2.00. The smallest absolute Gasteiger partial charge is 0.122 e. The lowest BCUT2D eigenvalue weighted by molar-refractivity contribution is 0.242. The molecule has 0 bridgehead atoms. The van der Waals surface area contributed by atoms with Crippen LogP contribution in [0.5, 0.6) is 11.5 Å². The van der Waals surface area contributed by atoms with Crippen LogP contribution < -0.4 is 14.8 Å². The summed E-state index contributed by atoms with van der Waals surface area (Å²) in [6.45, 7) is 9.58. The van der Waals surface area contributed by atoms with Crippen LogP contribution in [-0.4, -0.2) is 19.3 Å². The van der Waals surface area contributed by atoms with Gasteiger partial charge in [0.05, 0.1) is 6.10 Å². The average Bonchev–Trinajstić information content (AvgIpc) is 2.48. The van der Waals surface area contributed by atoms with Gasteiger partial charge >= 0.3 is 0 Å². The quantitative estimate of drug-likeness (QED) is 0.759. The van der Waals surface area contributed by atoms with E-state index in [9.17, 15) is 0 Å². The molecule has 118 valence electrons. The van der Waals surface area contributed by atoms with E-state index < -0.39 is 0 Å². The van der Waals surface area contributed by atoms with Gasteiger partial charge in [-0.05, 0) is 69.2 Å². The van der Waals surface area contributed by atoms with Gasteiger partial charge in [0, 0.05) is 12.2 Å². The lowest BCUT2D eigenvalue weighted by Gasteiger charge is -2.12. The van der Waals surface area contributed by atoms with Gasteiger partial charge in [-0.2, -0.15) is 0 Å². The predicted molar refractivity (Wildman–Crippen MR) is 92.1 cm³/mol. The van der Waals surface area contributed by atoms with Crippen molar-refractivity contribution in [3.8, 4) is 11.5 Å². The number of hydrogen-bond acceptors (Lipinski definition) is 3. The highest BCUT2D eigenvalue weighted by atomic mass is 16.5. The number of nitrogens with one attached hydrogen (secondary N) is 1. The summed E-state index contributed by atoms with van der Waals surface area (Å²) in [5.74, 6) is 1.86. The third-order valence-electron chi connectivity index (χ3n) is 3.26. The zero-order valence-electron chi connectivity index (χ0n) is 13.8. The molecule has 0 atom stereocenters. The molecule has 0 spiro atoms. The molecule has 2 aromatic rings. The second-order valence-electron chi connectivity index (χ2n) is 5.74. The first kappa shape index (κ1) is 16.2. The zero-order valence-corrected chi connectivity index (χ0v) is 13.8. The molecule has 0 fully saturated rings. The van der Waals surface area contributed by atoms with Crippen LogP contribution in [0.25, 0.3) is 0 Å². The van der Waals surface area contributed by atoms with Gasteiger partial charge in [0.15, 0.2) is 0 Å². The normalized spacial score (nSPS) is 10.6. The minimum atomic E-state index is 0.199.